The molecule has 0 unspecified atom stereocenters. The van der Waals surface area contributed by atoms with Crippen LogP contribution in [-0.2, 0) is 4.74 Å². The number of methoxy groups -OCH3 is 1. The van der Waals surface area contributed by atoms with Gasteiger partial charge in [0, 0.05) is 9.13 Å². The lowest BCUT2D eigenvalue weighted by molar-refractivity contribution is 0.0601. The number of halogens is 2. The topological polar surface area (TPSA) is 63.2 Å². The number of nitrogens with zero attached hydrogens (tertiary/aromatic N) is 1. The van der Waals surface area contributed by atoms with Crippen LogP contribution in [0.5, 0.6) is 0 Å². The Morgan fingerprint density at radius 3 is 2.59 bits per heavy atom. The van der Waals surface area contributed by atoms with Gasteiger partial charge < -0.3 is 9.15 Å². The van der Waals surface area contributed by atoms with Gasteiger partial charge in [0.05, 0.1) is 29.3 Å². The van der Waals surface area contributed by atoms with Crippen LogP contribution < -0.4 is 0 Å². The van der Waals surface area contributed by atoms with E-state index in [-0.39, 0.29) is 5.56 Å². The molecule has 0 amide bonds. The first-order valence-electron chi connectivity index (χ1n) is 7.87. The molecule has 0 N–H and O–H groups in total. The van der Waals surface area contributed by atoms with Crippen LogP contribution >= 0.6 is 34.2 Å². The van der Waals surface area contributed by atoms with Gasteiger partial charge in [-0.3, -0.25) is 0 Å². The van der Waals surface area contributed by atoms with Gasteiger partial charge in [-0.25, -0.2) is 4.79 Å². The summed E-state index contributed by atoms with van der Waals surface area (Å²) in [4.78, 5) is 11.8. The first kappa shape index (κ1) is 19.2. The number of carbonyl (C=O) groups excluding carboxylic acids is 1. The van der Waals surface area contributed by atoms with E-state index in [9.17, 15) is 10.1 Å². The maximum absolute atomic E-state index is 11.8. The number of rotatable bonds is 4. The van der Waals surface area contributed by atoms with Crippen molar-refractivity contribution in [3.8, 4) is 17.4 Å². The summed E-state index contributed by atoms with van der Waals surface area (Å²) < 4.78 is 11.7. The van der Waals surface area contributed by atoms with Crippen molar-refractivity contribution in [2.75, 3.05) is 7.11 Å². The molecule has 0 bridgehead atoms. The molecule has 0 fully saturated rings. The number of nitriles is 1. The molecule has 2 aromatic carbocycles. The van der Waals surface area contributed by atoms with Crippen molar-refractivity contribution in [3.05, 3.63) is 80.1 Å². The molecule has 0 radical (unpaired) electrons. The summed E-state index contributed by atoms with van der Waals surface area (Å²) in [6, 6.07) is 18.4. The smallest absolute Gasteiger partial charge is 0.339 e. The van der Waals surface area contributed by atoms with Gasteiger partial charge in [0.1, 0.15) is 11.5 Å². The normalized spacial score (nSPS) is 11.1. The molecule has 0 saturated carbocycles. The summed E-state index contributed by atoms with van der Waals surface area (Å²) in [6.07, 6.45) is 1.68. The van der Waals surface area contributed by atoms with Crippen molar-refractivity contribution in [2.45, 2.75) is 0 Å². The molecule has 6 heteroatoms. The van der Waals surface area contributed by atoms with Gasteiger partial charge in [-0.2, -0.15) is 5.26 Å². The molecule has 0 aliphatic carbocycles. The highest BCUT2D eigenvalue weighted by atomic mass is 127. The van der Waals surface area contributed by atoms with Crippen molar-refractivity contribution in [3.63, 3.8) is 0 Å². The quantitative estimate of drug-likeness (QED) is 0.254. The molecule has 3 rings (SSSR count). The van der Waals surface area contributed by atoms with Gasteiger partial charge in [0.25, 0.3) is 0 Å². The Morgan fingerprint density at radius 2 is 1.93 bits per heavy atom. The van der Waals surface area contributed by atoms with E-state index in [0.717, 1.165) is 9.13 Å². The van der Waals surface area contributed by atoms with E-state index in [1.165, 1.54) is 7.11 Å². The number of hydrogen-bond acceptors (Lipinski definition) is 4. The van der Waals surface area contributed by atoms with Crippen LogP contribution in [0.4, 0.5) is 0 Å². The zero-order chi connectivity index (χ0) is 19.4. The van der Waals surface area contributed by atoms with Crippen molar-refractivity contribution < 1.29 is 13.9 Å². The third-order valence-corrected chi connectivity index (χ3v) is 4.89. The fourth-order valence-electron chi connectivity index (χ4n) is 2.48. The number of carbonyl (C=O) groups is 1. The lowest BCUT2D eigenvalue weighted by Crippen LogP contribution is -2.02. The fraction of sp³-hybridized carbons (Fsp3) is 0.0476. The summed E-state index contributed by atoms with van der Waals surface area (Å²) >= 11 is 8.27. The Morgan fingerprint density at radius 1 is 1.19 bits per heavy atom. The van der Waals surface area contributed by atoms with Gasteiger partial charge in [0.2, 0.25) is 0 Å². The molecule has 0 aliphatic rings. The van der Waals surface area contributed by atoms with Crippen molar-refractivity contribution in [1.29, 1.82) is 5.26 Å². The molecule has 0 atom stereocenters. The van der Waals surface area contributed by atoms with Crippen LogP contribution in [0.3, 0.4) is 0 Å². The van der Waals surface area contributed by atoms with E-state index in [2.05, 4.69) is 28.7 Å². The Labute approximate surface area is 175 Å². The van der Waals surface area contributed by atoms with Crippen LogP contribution in [0.2, 0.25) is 5.02 Å². The summed E-state index contributed by atoms with van der Waals surface area (Å²) in [5.41, 5.74) is 2.27. The largest absolute Gasteiger partial charge is 0.465 e. The molecule has 4 nitrogen and oxygen atoms in total. The van der Waals surface area contributed by atoms with Crippen LogP contribution in [-0.4, -0.2) is 13.1 Å². The number of benzene rings is 2. The molecular formula is C21H13ClINO3. The predicted molar refractivity (Wildman–Crippen MR) is 113 cm³/mol. The Bertz CT molecular complexity index is 1060. The van der Waals surface area contributed by atoms with Crippen LogP contribution in [0.15, 0.2) is 59.0 Å². The third kappa shape index (κ3) is 4.41. The van der Waals surface area contributed by atoms with Crippen LogP contribution in [0, 0.1) is 14.9 Å². The van der Waals surface area contributed by atoms with E-state index in [1.807, 2.05) is 24.3 Å². The Balaban J connectivity index is 1.94. The summed E-state index contributed by atoms with van der Waals surface area (Å²) in [5.74, 6) is 0.580. The van der Waals surface area contributed by atoms with Crippen molar-refractivity contribution in [2.24, 2.45) is 0 Å². The summed E-state index contributed by atoms with van der Waals surface area (Å²) in [6.45, 7) is 0. The third-order valence-electron chi connectivity index (χ3n) is 3.85. The van der Waals surface area contributed by atoms with Crippen LogP contribution in [0.1, 0.15) is 21.7 Å². The van der Waals surface area contributed by atoms with Gasteiger partial charge >= 0.3 is 5.97 Å². The van der Waals surface area contributed by atoms with E-state index < -0.39 is 5.97 Å². The zero-order valence-electron chi connectivity index (χ0n) is 14.2. The lowest BCUT2D eigenvalue weighted by atomic mass is 10.1. The molecule has 1 heterocycles. The molecule has 0 saturated heterocycles. The molecule has 134 valence electrons. The van der Waals surface area contributed by atoms with Crippen molar-refractivity contribution >= 4 is 51.8 Å². The van der Waals surface area contributed by atoms with E-state index in [1.54, 1.807) is 36.4 Å². The van der Waals surface area contributed by atoms with E-state index in [4.69, 9.17) is 20.8 Å². The Kier molecular flexibility index (Phi) is 5.99. The average molecular weight is 490 g/mol. The maximum Gasteiger partial charge on any atom is 0.339 e. The highest BCUT2D eigenvalue weighted by molar-refractivity contribution is 14.1. The molecule has 1 aromatic heterocycles. The van der Waals surface area contributed by atoms with E-state index >= 15 is 0 Å². The van der Waals surface area contributed by atoms with Gasteiger partial charge in [-0.05, 0) is 76.7 Å². The minimum absolute atomic E-state index is 0.266. The second kappa shape index (κ2) is 8.42. The highest BCUT2D eigenvalue weighted by Gasteiger charge is 2.14. The number of furan rings is 1. The molecule has 0 spiro atoms. The number of ether oxygens (including phenoxy) is 1. The molecule has 27 heavy (non-hydrogen) atoms. The van der Waals surface area contributed by atoms with Crippen molar-refractivity contribution in [1.82, 2.24) is 0 Å². The average Bonchev–Trinajstić information content (AvgIpc) is 3.15. The second-order valence-electron chi connectivity index (χ2n) is 5.56. The number of hydrogen-bond donors (Lipinski definition) is 0. The minimum Gasteiger partial charge on any atom is -0.465 e. The van der Waals surface area contributed by atoms with Gasteiger partial charge in [0.15, 0.2) is 0 Å². The molecule has 0 aliphatic heterocycles. The van der Waals surface area contributed by atoms with Gasteiger partial charge in [-0.15, -0.1) is 0 Å². The van der Waals surface area contributed by atoms with Crippen LogP contribution in [0.25, 0.3) is 23.0 Å². The lowest BCUT2D eigenvalue weighted by Gasteiger charge is -2.04. The number of esters is 1. The van der Waals surface area contributed by atoms with E-state index in [0.29, 0.717) is 27.7 Å². The summed E-state index contributed by atoms with van der Waals surface area (Å²) in [7, 11) is 1.30. The second-order valence-corrected chi connectivity index (χ2v) is 7.22. The molecular weight excluding hydrogens is 477 g/mol. The standard InChI is InChI=1S/C21H13ClINO3/c1-26-21(25)18-11-14(4-8-19(18)22)20-9-7-17(27-20)10-15(12-24)13-2-5-16(23)6-3-13/h2-11H,1H3/b15-10-. The maximum atomic E-state index is 11.8. The Hall–Kier alpha value is -2.56. The fourth-order valence-corrected chi connectivity index (χ4v) is 3.04. The predicted octanol–water partition coefficient (Wildman–Crippen LogP) is 6.06. The SMILES string of the molecule is COC(=O)c1cc(-c2ccc(/C=C(/C#N)c3ccc(I)cc3)o2)ccc1Cl. The summed E-state index contributed by atoms with van der Waals surface area (Å²) in [5, 5.41) is 9.77. The van der Waals surface area contributed by atoms with Gasteiger partial charge in [-0.1, -0.05) is 23.7 Å². The minimum atomic E-state index is -0.515. The zero-order valence-corrected chi connectivity index (χ0v) is 17.1. The molecule has 3 aromatic rings. The first-order valence-corrected chi connectivity index (χ1v) is 9.33. The highest BCUT2D eigenvalue weighted by Crippen LogP contribution is 2.29. The number of allylic oxidation sites excluding steroid dienone is 1. The monoisotopic (exact) mass is 489 g/mol. The first-order chi connectivity index (χ1) is 13.0.